The van der Waals surface area contributed by atoms with E-state index >= 15 is 0 Å². The van der Waals surface area contributed by atoms with E-state index in [9.17, 15) is 9.59 Å². The van der Waals surface area contributed by atoms with Crippen LogP contribution in [0.2, 0.25) is 0 Å². The van der Waals surface area contributed by atoms with Crippen molar-refractivity contribution in [1.82, 2.24) is 5.43 Å². The molecule has 2 aromatic rings. The van der Waals surface area contributed by atoms with Gasteiger partial charge in [-0.1, -0.05) is 12.1 Å². The Bertz CT molecular complexity index is 737. The van der Waals surface area contributed by atoms with Gasteiger partial charge >= 0.3 is 5.97 Å². The van der Waals surface area contributed by atoms with Gasteiger partial charge in [0.1, 0.15) is 0 Å². The quantitative estimate of drug-likeness (QED) is 0.655. The number of hydrazone groups is 1. The highest BCUT2D eigenvalue weighted by molar-refractivity contribution is 5.95. The Kier molecular flexibility index (Phi) is 5.09. The van der Waals surface area contributed by atoms with Gasteiger partial charge in [0.05, 0.1) is 11.8 Å². The minimum atomic E-state index is -1.01. The normalized spacial score (nSPS) is 10.5. The van der Waals surface area contributed by atoms with Crippen LogP contribution in [0.15, 0.2) is 53.6 Å². The van der Waals surface area contributed by atoms with Gasteiger partial charge in [-0.3, -0.25) is 4.79 Å². The molecule has 0 heterocycles. The zero-order valence-corrected chi connectivity index (χ0v) is 12.9. The van der Waals surface area contributed by atoms with Crippen molar-refractivity contribution in [3.8, 4) is 0 Å². The van der Waals surface area contributed by atoms with Crippen molar-refractivity contribution in [1.29, 1.82) is 0 Å². The molecular weight excluding hydrogens is 294 g/mol. The van der Waals surface area contributed by atoms with Gasteiger partial charge in [0.2, 0.25) is 0 Å². The number of carboxylic acids is 1. The second kappa shape index (κ2) is 7.22. The number of nitrogens with zero attached hydrogens (tertiary/aromatic N) is 2. The lowest BCUT2D eigenvalue weighted by Crippen LogP contribution is -2.18. The summed E-state index contributed by atoms with van der Waals surface area (Å²) in [6, 6.07) is 13.4. The first-order chi connectivity index (χ1) is 11.0. The molecule has 0 aliphatic heterocycles. The Hall–Kier alpha value is -3.15. The van der Waals surface area contributed by atoms with Crippen LogP contribution in [0.3, 0.4) is 0 Å². The van der Waals surface area contributed by atoms with Crippen LogP contribution in [0.1, 0.15) is 26.3 Å². The maximum Gasteiger partial charge on any atom is 0.335 e. The summed E-state index contributed by atoms with van der Waals surface area (Å²) in [5, 5.41) is 12.8. The summed E-state index contributed by atoms with van der Waals surface area (Å²) in [6.45, 7) is 0. The highest BCUT2D eigenvalue weighted by Crippen LogP contribution is 2.12. The first kappa shape index (κ1) is 16.2. The second-order valence-electron chi connectivity index (χ2n) is 5.07. The summed E-state index contributed by atoms with van der Waals surface area (Å²) >= 11 is 0. The largest absolute Gasteiger partial charge is 0.478 e. The second-order valence-corrected chi connectivity index (χ2v) is 5.07. The number of carboxylic acid groups (broad SMARTS) is 1. The lowest BCUT2D eigenvalue weighted by atomic mass is 10.1. The highest BCUT2D eigenvalue weighted by atomic mass is 16.4. The van der Waals surface area contributed by atoms with E-state index in [1.54, 1.807) is 24.3 Å². The molecule has 1 amide bonds. The molecule has 2 N–H and O–H groups in total. The van der Waals surface area contributed by atoms with E-state index in [1.807, 2.05) is 31.1 Å². The molecular formula is C17H17N3O3. The lowest BCUT2D eigenvalue weighted by molar-refractivity contribution is 0.0696. The molecule has 0 atom stereocenters. The molecule has 0 radical (unpaired) electrons. The van der Waals surface area contributed by atoms with E-state index < -0.39 is 5.97 Å². The van der Waals surface area contributed by atoms with Crippen molar-refractivity contribution in [3.05, 3.63) is 65.2 Å². The van der Waals surface area contributed by atoms with Gasteiger partial charge in [-0.2, -0.15) is 5.10 Å². The Balaban J connectivity index is 2.01. The fraction of sp³-hybridized carbons (Fsp3) is 0.118. The standard InChI is InChI=1S/C17H17N3O3/c1-20(2)15-8-6-13(7-9-15)16(21)19-18-11-12-4-3-5-14(10-12)17(22)23/h3-11H,1-2H3,(H,19,21)(H,22,23)/b18-11+. The average molecular weight is 311 g/mol. The fourth-order valence-corrected chi connectivity index (χ4v) is 1.89. The number of carbonyl (C=O) groups is 2. The molecule has 23 heavy (non-hydrogen) atoms. The van der Waals surface area contributed by atoms with Crippen molar-refractivity contribution in [2.75, 3.05) is 19.0 Å². The molecule has 6 nitrogen and oxygen atoms in total. The Labute approximate surface area is 134 Å². The summed E-state index contributed by atoms with van der Waals surface area (Å²) in [6.07, 6.45) is 1.40. The van der Waals surface area contributed by atoms with E-state index in [0.717, 1.165) is 5.69 Å². The van der Waals surface area contributed by atoms with Crippen LogP contribution < -0.4 is 10.3 Å². The molecule has 0 unspecified atom stereocenters. The van der Waals surface area contributed by atoms with Gasteiger partial charge in [-0.15, -0.1) is 0 Å². The van der Waals surface area contributed by atoms with Crippen LogP contribution in [0.4, 0.5) is 5.69 Å². The molecule has 6 heteroatoms. The molecule has 0 aliphatic carbocycles. The van der Waals surface area contributed by atoms with E-state index in [-0.39, 0.29) is 11.5 Å². The molecule has 0 aromatic heterocycles. The van der Waals surface area contributed by atoms with Crippen LogP contribution in [-0.2, 0) is 0 Å². The molecule has 0 spiro atoms. The van der Waals surface area contributed by atoms with Gasteiger partial charge < -0.3 is 10.0 Å². The first-order valence-corrected chi connectivity index (χ1v) is 6.91. The third-order valence-electron chi connectivity index (χ3n) is 3.16. The van der Waals surface area contributed by atoms with Gasteiger partial charge in [0.15, 0.2) is 0 Å². The number of amides is 1. The van der Waals surface area contributed by atoms with Gasteiger partial charge in [-0.05, 0) is 42.0 Å². The van der Waals surface area contributed by atoms with Crippen LogP contribution in [0.5, 0.6) is 0 Å². The van der Waals surface area contributed by atoms with Crippen molar-refractivity contribution in [2.24, 2.45) is 5.10 Å². The number of rotatable bonds is 5. The minimum Gasteiger partial charge on any atom is -0.478 e. The SMILES string of the molecule is CN(C)c1ccc(C(=O)N/N=C/c2cccc(C(=O)O)c2)cc1. The molecule has 2 rings (SSSR count). The van der Waals surface area contributed by atoms with Crippen LogP contribution >= 0.6 is 0 Å². The number of aromatic carboxylic acids is 1. The van der Waals surface area contributed by atoms with E-state index in [1.165, 1.54) is 18.3 Å². The monoisotopic (exact) mass is 311 g/mol. The number of anilines is 1. The molecule has 0 bridgehead atoms. The van der Waals surface area contributed by atoms with Crippen LogP contribution in [0, 0.1) is 0 Å². The predicted octanol–water partition coefficient (Wildman–Crippen LogP) is 2.21. The topological polar surface area (TPSA) is 82.0 Å². The van der Waals surface area contributed by atoms with Gasteiger partial charge in [-0.25, -0.2) is 10.2 Å². The Morgan fingerprint density at radius 1 is 1.09 bits per heavy atom. The number of carbonyl (C=O) groups excluding carboxylic acids is 1. The highest BCUT2D eigenvalue weighted by Gasteiger charge is 2.05. The number of hydrogen-bond donors (Lipinski definition) is 2. The molecule has 0 saturated carbocycles. The number of hydrogen-bond acceptors (Lipinski definition) is 4. The summed E-state index contributed by atoms with van der Waals surface area (Å²) in [5.41, 5.74) is 4.66. The molecule has 2 aromatic carbocycles. The fourth-order valence-electron chi connectivity index (χ4n) is 1.89. The molecule has 0 fully saturated rings. The third kappa shape index (κ3) is 4.41. The smallest absolute Gasteiger partial charge is 0.335 e. The van der Waals surface area contributed by atoms with Gasteiger partial charge in [0, 0.05) is 25.3 Å². The number of nitrogens with one attached hydrogen (secondary N) is 1. The van der Waals surface area contributed by atoms with E-state index in [2.05, 4.69) is 10.5 Å². The van der Waals surface area contributed by atoms with Crippen molar-refractivity contribution < 1.29 is 14.7 Å². The van der Waals surface area contributed by atoms with Gasteiger partial charge in [0.25, 0.3) is 5.91 Å². The van der Waals surface area contributed by atoms with Crippen LogP contribution in [-0.4, -0.2) is 37.3 Å². The summed E-state index contributed by atoms with van der Waals surface area (Å²) < 4.78 is 0. The predicted molar refractivity (Wildman–Crippen MR) is 89.2 cm³/mol. The molecule has 0 saturated heterocycles. The zero-order chi connectivity index (χ0) is 16.8. The van der Waals surface area contributed by atoms with Crippen molar-refractivity contribution >= 4 is 23.8 Å². The molecule has 0 aliphatic rings. The Morgan fingerprint density at radius 3 is 2.39 bits per heavy atom. The van der Waals surface area contributed by atoms with E-state index in [0.29, 0.717) is 11.1 Å². The summed E-state index contributed by atoms with van der Waals surface area (Å²) in [4.78, 5) is 24.8. The molecule has 118 valence electrons. The van der Waals surface area contributed by atoms with Crippen LogP contribution in [0.25, 0.3) is 0 Å². The summed E-state index contributed by atoms with van der Waals surface area (Å²) in [7, 11) is 3.84. The maximum atomic E-state index is 12.0. The first-order valence-electron chi connectivity index (χ1n) is 6.91. The number of benzene rings is 2. The maximum absolute atomic E-state index is 12.0. The van der Waals surface area contributed by atoms with E-state index in [4.69, 9.17) is 5.11 Å². The summed E-state index contributed by atoms with van der Waals surface area (Å²) in [5.74, 6) is -1.34. The average Bonchev–Trinajstić information content (AvgIpc) is 2.55. The van der Waals surface area contributed by atoms with Crippen molar-refractivity contribution in [3.63, 3.8) is 0 Å². The zero-order valence-electron chi connectivity index (χ0n) is 12.9. The lowest BCUT2D eigenvalue weighted by Gasteiger charge is -2.12. The minimum absolute atomic E-state index is 0.166. The van der Waals surface area contributed by atoms with Crippen molar-refractivity contribution in [2.45, 2.75) is 0 Å². The third-order valence-corrected chi connectivity index (χ3v) is 3.16. The Morgan fingerprint density at radius 2 is 1.78 bits per heavy atom.